The number of hydrogen-bond acceptors (Lipinski definition) is 4. The van der Waals surface area contributed by atoms with E-state index in [4.69, 9.17) is 0 Å². The van der Waals surface area contributed by atoms with Gasteiger partial charge in [-0.15, -0.1) is 0 Å². The second-order valence-electron chi connectivity index (χ2n) is 4.53. The van der Waals surface area contributed by atoms with Crippen LogP contribution in [0.15, 0.2) is 47.9 Å². The Kier molecular flexibility index (Phi) is 4.39. The minimum Gasteiger partial charge on any atom is -0.481 e. The van der Waals surface area contributed by atoms with Crippen LogP contribution < -0.4 is 4.72 Å². The molecule has 0 amide bonds. The Morgan fingerprint density at radius 3 is 2.57 bits per heavy atom. The van der Waals surface area contributed by atoms with Crippen LogP contribution in [0.4, 0.5) is 0 Å². The van der Waals surface area contributed by atoms with Crippen LogP contribution in [0.2, 0.25) is 0 Å². The molecular weight excluding hydrogens is 294 g/mol. The molecule has 21 heavy (non-hydrogen) atoms. The first kappa shape index (κ1) is 15.2. The predicted octanol–water partition coefficient (Wildman–Crippen LogP) is 0.567. The zero-order chi connectivity index (χ0) is 15.5. The van der Waals surface area contributed by atoms with E-state index in [9.17, 15) is 18.3 Å². The number of carboxylic acids is 1. The molecule has 0 aliphatic carbocycles. The summed E-state index contributed by atoms with van der Waals surface area (Å²) in [4.78, 5) is 15.1. The molecule has 1 heterocycles. The Balaban J connectivity index is 2.14. The molecule has 2 rings (SSSR count). The molecule has 1 unspecified atom stereocenters. The third kappa shape index (κ3) is 3.67. The lowest BCUT2D eigenvalue weighted by molar-refractivity contribution is -0.138. The summed E-state index contributed by atoms with van der Waals surface area (Å²) in [6.07, 6.45) is 2.71. The molecule has 7 nitrogen and oxygen atoms in total. The highest BCUT2D eigenvalue weighted by Crippen LogP contribution is 2.16. The van der Waals surface area contributed by atoms with Crippen LogP contribution in [-0.4, -0.2) is 35.6 Å². The number of rotatable bonds is 6. The summed E-state index contributed by atoms with van der Waals surface area (Å²) in [5, 5.41) is 9.11. The van der Waals surface area contributed by atoms with Gasteiger partial charge in [-0.05, 0) is 5.56 Å². The summed E-state index contributed by atoms with van der Waals surface area (Å²) < 4.78 is 27.8. The van der Waals surface area contributed by atoms with E-state index in [-0.39, 0.29) is 11.6 Å². The van der Waals surface area contributed by atoms with Crippen LogP contribution in [0.1, 0.15) is 11.5 Å². The molecular formula is C13H15N3O4S. The molecule has 112 valence electrons. The Bertz CT molecular complexity index is 725. The average molecular weight is 309 g/mol. The smallest absolute Gasteiger partial charge is 0.312 e. The standard InChI is InChI=1S/C13H15N3O4S/c1-16-8-12(14-9-16)21(19,20)15-7-11(13(17)18)10-5-3-2-4-6-10/h2-6,8-9,11,15H,7H2,1H3,(H,17,18). The van der Waals surface area contributed by atoms with Crippen LogP contribution >= 0.6 is 0 Å². The van der Waals surface area contributed by atoms with Crippen molar-refractivity contribution in [2.24, 2.45) is 7.05 Å². The third-order valence-electron chi connectivity index (χ3n) is 2.93. The first-order chi connectivity index (χ1) is 9.90. The predicted molar refractivity (Wildman–Crippen MR) is 75.2 cm³/mol. The van der Waals surface area contributed by atoms with E-state index < -0.39 is 21.9 Å². The van der Waals surface area contributed by atoms with Crippen LogP contribution in [0.25, 0.3) is 0 Å². The number of aromatic nitrogens is 2. The zero-order valence-corrected chi connectivity index (χ0v) is 12.1. The Morgan fingerprint density at radius 2 is 2.05 bits per heavy atom. The van der Waals surface area contributed by atoms with E-state index in [1.807, 2.05) is 0 Å². The van der Waals surface area contributed by atoms with Crippen LogP contribution in [0, 0.1) is 0 Å². The van der Waals surface area contributed by atoms with E-state index in [1.165, 1.54) is 17.1 Å². The van der Waals surface area contributed by atoms with Gasteiger partial charge in [0.15, 0.2) is 5.03 Å². The molecule has 0 spiro atoms. The maximum atomic E-state index is 12.0. The number of benzene rings is 1. The SMILES string of the molecule is Cn1cnc(S(=O)(=O)NCC(C(=O)O)c2ccccc2)c1. The molecule has 0 saturated carbocycles. The maximum absolute atomic E-state index is 12.0. The Morgan fingerprint density at radius 1 is 1.38 bits per heavy atom. The molecule has 8 heteroatoms. The van der Waals surface area contributed by atoms with Gasteiger partial charge in [-0.1, -0.05) is 30.3 Å². The second kappa shape index (κ2) is 6.06. The minimum absolute atomic E-state index is 0.137. The molecule has 0 bridgehead atoms. The molecule has 2 aromatic rings. The first-order valence-electron chi connectivity index (χ1n) is 6.15. The number of nitrogens with one attached hydrogen (secondary N) is 1. The number of sulfonamides is 1. The molecule has 0 aliphatic heterocycles. The normalized spacial score (nSPS) is 13.0. The van der Waals surface area contributed by atoms with E-state index >= 15 is 0 Å². The molecule has 1 atom stereocenters. The fourth-order valence-corrected chi connectivity index (χ4v) is 2.85. The van der Waals surface area contributed by atoms with Gasteiger partial charge in [0.05, 0.1) is 12.2 Å². The summed E-state index contributed by atoms with van der Waals surface area (Å²) in [5.41, 5.74) is 0.536. The molecule has 0 radical (unpaired) electrons. The number of aliphatic carboxylic acids is 1. The number of carbonyl (C=O) groups is 1. The lowest BCUT2D eigenvalue weighted by Crippen LogP contribution is -2.32. The molecule has 0 aliphatic rings. The Hall–Kier alpha value is -2.19. The van der Waals surface area contributed by atoms with Crippen molar-refractivity contribution in [1.82, 2.24) is 14.3 Å². The molecule has 0 saturated heterocycles. The minimum atomic E-state index is -3.82. The van der Waals surface area contributed by atoms with Crippen molar-refractivity contribution in [2.45, 2.75) is 10.9 Å². The molecule has 1 aromatic carbocycles. The number of aryl methyl sites for hydroxylation is 1. The number of nitrogens with zero attached hydrogens (tertiary/aromatic N) is 2. The van der Waals surface area contributed by atoms with Crippen LogP contribution in [0.3, 0.4) is 0 Å². The van der Waals surface area contributed by atoms with Gasteiger partial charge in [-0.2, -0.15) is 0 Å². The van der Waals surface area contributed by atoms with Crippen molar-refractivity contribution in [3.63, 3.8) is 0 Å². The van der Waals surface area contributed by atoms with Crippen molar-refractivity contribution < 1.29 is 18.3 Å². The highest BCUT2D eigenvalue weighted by Gasteiger charge is 2.24. The molecule has 1 aromatic heterocycles. The number of hydrogen-bond donors (Lipinski definition) is 2. The van der Waals surface area contributed by atoms with Gasteiger partial charge < -0.3 is 9.67 Å². The quantitative estimate of drug-likeness (QED) is 0.812. The summed E-state index contributed by atoms with van der Waals surface area (Å²) in [6.45, 7) is -0.238. The number of carboxylic acid groups (broad SMARTS) is 1. The van der Waals surface area contributed by atoms with Crippen LogP contribution in [0.5, 0.6) is 0 Å². The van der Waals surface area contributed by atoms with Gasteiger partial charge in [0.1, 0.15) is 0 Å². The number of imidazole rings is 1. The first-order valence-corrected chi connectivity index (χ1v) is 7.64. The summed E-state index contributed by atoms with van der Waals surface area (Å²) in [6, 6.07) is 8.47. The van der Waals surface area contributed by atoms with Crippen molar-refractivity contribution in [1.29, 1.82) is 0 Å². The van der Waals surface area contributed by atoms with Crippen molar-refractivity contribution in [3.05, 3.63) is 48.4 Å². The van der Waals surface area contributed by atoms with E-state index in [2.05, 4.69) is 9.71 Å². The topological polar surface area (TPSA) is 101 Å². The van der Waals surface area contributed by atoms with Gasteiger partial charge in [0.25, 0.3) is 10.0 Å². The molecule has 0 fully saturated rings. The van der Waals surface area contributed by atoms with Crippen LogP contribution in [-0.2, 0) is 21.9 Å². The summed E-state index contributed by atoms with van der Waals surface area (Å²) >= 11 is 0. The second-order valence-corrected chi connectivity index (χ2v) is 6.24. The lowest BCUT2D eigenvalue weighted by atomic mass is 10.00. The lowest BCUT2D eigenvalue weighted by Gasteiger charge is -2.13. The largest absolute Gasteiger partial charge is 0.481 e. The van der Waals surface area contributed by atoms with Crippen molar-refractivity contribution in [2.75, 3.05) is 6.54 Å². The van der Waals surface area contributed by atoms with E-state index in [0.29, 0.717) is 5.56 Å². The average Bonchev–Trinajstić information content (AvgIpc) is 2.87. The van der Waals surface area contributed by atoms with Crippen molar-refractivity contribution in [3.8, 4) is 0 Å². The Labute approximate surface area is 122 Å². The monoisotopic (exact) mass is 309 g/mol. The van der Waals surface area contributed by atoms with E-state index in [0.717, 1.165) is 0 Å². The van der Waals surface area contributed by atoms with Gasteiger partial charge in [0.2, 0.25) is 0 Å². The fourth-order valence-electron chi connectivity index (χ4n) is 1.83. The fraction of sp³-hybridized carbons (Fsp3) is 0.231. The highest BCUT2D eigenvalue weighted by atomic mass is 32.2. The van der Waals surface area contributed by atoms with E-state index in [1.54, 1.807) is 37.4 Å². The third-order valence-corrected chi connectivity index (χ3v) is 4.24. The van der Waals surface area contributed by atoms with Crippen molar-refractivity contribution >= 4 is 16.0 Å². The van der Waals surface area contributed by atoms with Gasteiger partial charge in [0, 0.05) is 19.8 Å². The summed E-state index contributed by atoms with van der Waals surface area (Å²) in [7, 11) is -2.17. The van der Waals surface area contributed by atoms with Gasteiger partial charge in [-0.3, -0.25) is 4.79 Å². The highest BCUT2D eigenvalue weighted by molar-refractivity contribution is 7.89. The van der Waals surface area contributed by atoms with Gasteiger partial charge >= 0.3 is 5.97 Å². The summed E-state index contributed by atoms with van der Waals surface area (Å²) in [5.74, 6) is -2.05. The van der Waals surface area contributed by atoms with Gasteiger partial charge in [-0.25, -0.2) is 18.1 Å². The zero-order valence-electron chi connectivity index (χ0n) is 11.3. The maximum Gasteiger partial charge on any atom is 0.312 e. The molecule has 2 N–H and O–H groups in total.